The molecule has 0 aromatic carbocycles. The summed E-state index contributed by atoms with van der Waals surface area (Å²) in [6.45, 7) is 6.44. The Morgan fingerprint density at radius 3 is 2.64 bits per heavy atom. The number of piperazine rings is 1. The second kappa shape index (κ2) is 6.17. The van der Waals surface area contributed by atoms with E-state index < -0.39 is 0 Å². The van der Waals surface area contributed by atoms with Gasteiger partial charge >= 0.3 is 6.01 Å². The van der Waals surface area contributed by atoms with Crippen molar-refractivity contribution in [3.63, 3.8) is 0 Å². The fraction of sp³-hybridized carbons (Fsp3) is 0.571. The van der Waals surface area contributed by atoms with Gasteiger partial charge < -0.3 is 18.7 Å². The molecule has 3 heterocycles. The lowest BCUT2D eigenvalue weighted by Gasteiger charge is -2.33. The fourth-order valence-corrected chi connectivity index (χ4v) is 2.43. The molecule has 1 fully saturated rings. The number of hydrogen-bond donors (Lipinski definition) is 0. The van der Waals surface area contributed by atoms with Crippen LogP contribution in [0.25, 0.3) is 0 Å². The molecule has 2 aromatic rings. The Kier molecular flexibility index (Phi) is 4.08. The molecule has 0 radical (unpaired) electrons. The molecule has 0 aliphatic carbocycles. The van der Waals surface area contributed by atoms with Crippen LogP contribution in [0.2, 0.25) is 0 Å². The third-order valence-electron chi connectivity index (χ3n) is 3.67. The Labute approximate surface area is 128 Å². The van der Waals surface area contributed by atoms with Gasteiger partial charge in [0.1, 0.15) is 5.76 Å². The van der Waals surface area contributed by atoms with E-state index in [1.165, 1.54) is 0 Å². The number of hydrogen-bond acceptors (Lipinski definition) is 7. The summed E-state index contributed by atoms with van der Waals surface area (Å²) in [6.07, 6.45) is 1.00. The number of amides is 1. The van der Waals surface area contributed by atoms with Crippen LogP contribution in [0.1, 0.15) is 24.3 Å². The second-order valence-electron chi connectivity index (χ2n) is 5.31. The zero-order chi connectivity index (χ0) is 15.5. The molecule has 8 nitrogen and oxygen atoms in total. The Morgan fingerprint density at radius 1 is 1.27 bits per heavy atom. The number of aromatic nitrogens is 3. The molecule has 0 saturated carbocycles. The average molecular weight is 305 g/mol. The summed E-state index contributed by atoms with van der Waals surface area (Å²) in [6, 6.07) is 2.33. The molecule has 2 aromatic heterocycles. The van der Waals surface area contributed by atoms with Gasteiger partial charge in [0, 0.05) is 38.7 Å². The molecule has 0 unspecified atom stereocenters. The first-order valence-corrected chi connectivity index (χ1v) is 7.43. The van der Waals surface area contributed by atoms with Gasteiger partial charge in [-0.15, -0.1) is 5.10 Å². The second-order valence-corrected chi connectivity index (χ2v) is 5.31. The van der Waals surface area contributed by atoms with Crippen molar-refractivity contribution in [3.05, 3.63) is 23.4 Å². The molecule has 22 heavy (non-hydrogen) atoms. The van der Waals surface area contributed by atoms with Crippen molar-refractivity contribution >= 4 is 11.9 Å². The molecule has 0 atom stereocenters. The third-order valence-corrected chi connectivity index (χ3v) is 3.67. The van der Waals surface area contributed by atoms with Gasteiger partial charge in [-0.1, -0.05) is 17.2 Å². The number of nitrogens with zero attached hydrogens (tertiary/aromatic N) is 5. The van der Waals surface area contributed by atoms with E-state index in [-0.39, 0.29) is 12.3 Å². The third kappa shape index (κ3) is 3.10. The van der Waals surface area contributed by atoms with E-state index in [9.17, 15) is 4.79 Å². The van der Waals surface area contributed by atoms with E-state index in [0.29, 0.717) is 43.8 Å². The highest BCUT2D eigenvalue weighted by Crippen LogP contribution is 2.15. The van der Waals surface area contributed by atoms with Crippen LogP contribution in [-0.2, 0) is 17.6 Å². The lowest BCUT2D eigenvalue weighted by atomic mass is 10.2. The van der Waals surface area contributed by atoms with Gasteiger partial charge in [0.25, 0.3) is 0 Å². The Balaban J connectivity index is 1.53. The maximum Gasteiger partial charge on any atom is 0.318 e. The molecule has 8 heteroatoms. The number of rotatable bonds is 4. The molecule has 1 amide bonds. The zero-order valence-electron chi connectivity index (χ0n) is 12.8. The summed E-state index contributed by atoms with van der Waals surface area (Å²) in [7, 11) is 0. The first kappa shape index (κ1) is 14.6. The zero-order valence-corrected chi connectivity index (χ0v) is 12.8. The molecule has 1 aliphatic heterocycles. The summed E-state index contributed by atoms with van der Waals surface area (Å²) in [5.41, 5.74) is 0.675. The van der Waals surface area contributed by atoms with Crippen LogP contribution in [0.3, 0.4) is 0 Å². The molecule has 0 spiro atoms. The SMILES string of the molecule is CCc1nnc(N2CCN(C(=O)Cc3cc(C)on3)CC2)o1. The lowest BCUT2D eigenvalue weighted by molar-refractivity contribution is -0.130. The summed E-state index contributed by atoms with van der Waals surface area (Å²) in [5, 5.41) is 11.9. The van der Waals surface area contributed by atoms with Crippen LogP contribution in [0.4, 0.5) is 6.01 Å². The highest BCUT2D eigenvalue weighted by Gasteiger charge is 2.24. The van der Waals surface area contributed by atoms with Crippen molar-refractivity contribution in [1.29, 1.82) is 0 Å². The Morgan fingerprint density at radius 2 is 2.05 bits per heavy atom. The van der Waals surface area contributed by atoms with Crippen LogP contribution in [0, 0.1) is 6.92 Å². The van der Waals surface area contributed by atoms with Gasteiger partial charge in [-0.25, -0.2) is 0 Å². The molecule has 118 valence electrons. The first-order valence-electron chi connectivity index (χ1n) is 7.43. The average Bonchev–Trinajstić information content (AvgIpc) is 3.16. The predicted octanol–water partition coefficient (Wildman–Crippen LogP) is 0.820. The van der Waals surface area contributed by atoms with Crippen LogP contribution in [-0.4, -0.2) is 52.3 Å². The summed E-state index contributed by atoms with van der Waals surface area (Å²) >= 11 is 0. The minimum atomic E-state index is 0.0627. The number of carbonyl (C=O) groups is 1. The molecule has 3 rings (SSSR count). The number of aryl methyl sites for hydroxylation is 2. The van der Waals surface area contributed by atoms with Crippen LogP contribution >= 0.6 is 0 Å². The van der Waals surface area contributed by atoms with E-state index >= 15 is 0 Å². The normalized spacial score (nSPS) is 15.4. The van der Waals surface area contributed by atoms with E-state index in [2.05, 4.69) is 15.4 Å². The van der Waals surface area contributed by atoms with Crippen molar-refractivity contribution in [2.24, 2.45) is 0 Å². The molecule has 1 saturated heterocycles. The number of anilines is 1. The minimum Gasteiger partial charge on any atom is -0.408 e. The standard InChI is InChI=1S/C14H19N5O3/c1-3-12-15-16-14(21-12)19-6-4-18(5-7-19)13(20)9-11-8-10(2)22-17-11/h8H,3-7,9H2,1-2H3. The molecular weight excluding hydrogens is 286 g/mol. The maximum absolute atomic E-state index is 12.2. The first-order chi connectivity index (χ1) is 10.7. The highest BCUT2D eigenvalue weighted by molar-refractivity contribution is 5.78. The van der Waals surface area contributed by atoms with Gasteiger partial charge in [-0.2, -0.15) is 0 Å². The van der Waals surface area contributed by atoms with Crippen LogP contribution < -0.4 is 4.90 Å². The van der Waals surface area contributed by atoms with E-state index in [1.807, 2.05) is 23.6 Å². The van der Waals surface area contributed by atoms with Gasteiger partial charge in [-0.3, -0.25) is 4.79 Å². The summed E-state index contributed by atoms with van der Waals surface area (Å²) in [5.74, 6) is 1.42. The van der Waals surface area contributed by atoms with Crippen LogP contribution in [0.15, 0.2) is 15.0 Å². The highest BCUT2D eigenvalue weighted by atomic mass is 16.5. The van der Waals surface area contributed by atoms with Crippen molar-refractivity contribution in [3.8, 4) is 0 Å². The van der Waals surface area contributed by atoms with Gasteiger partial charge in [-0.05, 0) is 6.92 Å². The largest absolute Gasteiger partial charge is 0.408 e. The van der Waals surface area contributed by atoms with Crippen molar-refractivity contribution in [2.75, 3.05) is 31.1 Å². The summed E-state index contributed by atoms with van der Waals surface area (Å²) in [4.78, 5) is 16.1. The Bertz CT molecular complexity index is 642. The van der Waals surface area contributed by atoms with Crippen molar-refractivity contribution in [1.82, 2.24) is 20.3 Å². The molecule has 0 N–H and O–H groups in total. The number of carbonyl (C=O) groups excluding carboxylic acids is 1. The van der Waals surface area contributed by atoms with Crippen molar-refractivity contribution in [2.45, 2.75) is 26.7 Å². The van der Waals surface area contributed by atoms with E-state index in [4.69, 9.17) is 8.94 Å². The van der Waals surface area contributed by atoms with Gasteiger partial charge in [0.15, 0.2) is 0 Å². The molecule has 0 bridgehead atoms. The maximum atomic E-state index is 12.2. The lowest BCUT2D eigenvalue weighted by Crippen LogP contribution is -2.49. The Hall–Kier alpha value is -2.38. The monoisotopic (exact) mass is 305 g/mol. The van der Waals surface area contributed by atoms with Crippen molar-refractivity contribution < 1.29 is 13.7 Å². The van der Waals surface area contributed by atoms with E-state index in [1.54, 1.807) is 6.07 Å². The fourth-order valence-electron chi connectivity index (χ4n) is 2.43. The predicted molar refractivity (Wildman–Crippen MR) is 77.4 cm³/mol. The van der Waals surface area contributed by atoms with Gasteiger partial charge in [0.05, 0.1) is 12.1 Å². The van der Waals surface area contributed by atoms with E-state index in [0.717, 1.165) is 12.2 Å². The van der Waals surface area contributed by atoms with Gasteiger partial charge in [0.2, 0.25) is 11.8 Å². The minimum absolute atomic E-state index is 0.0627. The van der Waals surface area contributed by atoms with Crippen LogP contribution in [0.5, 0.6) is 0 Å². The topological polar surface area (TPSA) is 88.5 Å². The molecular formula is C14H19N5O3. The molecule has 1 aliphatic rings. The summed E-state index contributed by atoms with van der Waals surface area (Å²) < 4.78 is 10.5. The smallest absolute Gasteiger partial charge is 0.318 e. The quantitative estimate of drug-likeness (QED) is 0.826.